The van der Waals surface area contributed by atoms with Gasteiger partial charge in [0.25, 0.3) is 5.91 Å². The first-order valence-corrected chi connectivity index (χ1v) is 10.5. The second kappa shape index (κ2) is 8.29. The van der Waals surface area contributed by atoms with E-state index < -0.39 is 16.1 Å². The van der Waals surface area contributed by atoms with Crippen LogP contribution in [0.5, 0.6) is 5.75 Å². The van der Waals surface area contributed by atoms with E-state index in [0.717, 1.165) is 12.8 Å². The van der Waals surface area contributed by atoms with Crippen LogP contribution < -0.4 is 10.1 Å². The van der Waals surface area contributed by atoms with E-state index >= 15 is 0 Å². The van der Waals surface area contributed by atoms with Crippen LogP contribution in [-0.4, -0.2) is 37.8 Å². The number of halogens is 1. The number of benzene rings is 2. The summed E-state index contributed by atoms with van der Waals surface area (Å²) in [5.74, 6) is 0.203. The average Bonchev–Trinajstić information content (AvgIpc) is 3.19. The lowest BCUT2D eigenvalue weighted by molar-refractivity contribution is -0.122. The van der Waals surface area contributed by atoms with Crippen molar-refractivity contribution in [2.24, 2.45) is 0 Å². The zero-order valence-corrected chi connectivity index (χ0v) is 16.5. The fourth-order valence-corrected chi connectivity index (χ4v) is 4.45. The summed E-state index contributed by atoms with van der Waals surface area (Å²) in [6.45, 7) is 2.75. The standard InChI is InChI=1S/C19H21ClN2O4S/c1-14(26-17-8-4-15(20)5-9-17)19(23)21-16-6-10-18(11-7-16)27(24,25)22-12-2-3-13-22/h4-11,14H,2-3,12-13H2,1H3,(H,21,23). The van der Waals surface area contributed by atoms with E-state index in [4.69, 9.17) is 16.3 Å². The summed E-state index contributed by atoms with van der Waals surface area (Å²) in [7, 11) is -3.46. The van der Waals surface area contributed by atoms with E-state index in [9.17, 15) is 13.2 Å². The highest BCUT2D eigenvalue weighted by Gasteiger charge is 2.27. The molecule has 0 aliphatic carbocycles. The van der Waals surface area contributed by atoms with E-state index in [2.05, 4.69) is 5.32 Å². The van der Waals surface area contributed by atoms with Crippen molar-refractivity contribution < 1.29 is 17.9 Å². The Labute approximate surface area is 164 Å². The maximum atomic E-state index is 12.5. The summed E-state index contributed by atoms with van der Waals surface area (Å²) >= 11 is 5.82. The Morgan fingerprint density at radius 3 is 2.26 bits per heavy atom. The van der Waals surface area contributed by atoms with Crippen molar-refractivity contribution in [2.45, 2.75) is 30.8 Å². The van der Waals surface area contributed by atoms with Gasteiger partial charge in [-0.3, -0.25) is 4.79 Å². The molecule has 3 rings (SSSR count). The molecule has 0 saturated carbocycles. The smallest absolute Gasteiger partial charge is 0.265 e. The highest BCUT2D eigenvalue weighted by atomic mass is 35.5. The largest absolute Gasteiger partial charge is 0.481 e. The third-order valence-electron chi connectivity index (χ3n) is 4.32. The number of nitrogens with zero attached hydrogens (tertiary/aromatic N) is 1. The lowest BCUT2D eigenvalue weighted by Crippen LogP contribution is -2.30. The normalized spacial score (nSPS) is 16.1. The van der Waals surface area contributed by atoms with Gasteiger partial charge in [0.15, 0.2) is 6.10 Å². The Morgan fingerprint density at radius 2 is 1.67 bits per heavy atom. The minimum absolute atomic E-state index is 0.230. The molecule has 1 saturated heterocycles. The Morgan fingerprint density at radius 1 is 1.07 bits per heavy atom. The van der Waals surface area contributed by atoms with Gasteiger partial charge >= 0.3 is 0 Å². The Hall–Kier alpha value is -2.09. The highest BCUT2D eigenvalue weighted by molar-refractivity contribution is 7.89. The first kappa shape index (κ1) is 19.7. The van der Waals surface area contributed by atoms with Gasteiger partial charge in [-0.2, -0.15) is 4.31 Å². The van der Waals surface area contributed by atoms with Gasteiger partial charge in [-0.05, 0) is 68.3 Å². The molecule has 1 fully saturated rings. The molecule has 1 aliphatic rings. The molecule has 1 aliphatic heterocycles. The van der Waals surface area contributed by atoms with Crippen molar-refractivity contribution in [1.29, 1.82) is 0 Å². The van der Waals surface area contributed by atoms with Crippen molar-refractivity contribution in [3.63, 3.8) is 0 Å². The number of anilines is 1. The number of carbonyl (C=O) groups excluding carboxylic acids is 1. The van der Waals surface area contributed by atoms with Crippen LogP contribution in [0.3, 0.4) is 0 Å². The van der Waals surface area contributed by atoms with Crippen molar-refractivity contribution in [3.8, 4) is 5.75 Å². The fourth-order valence-electron chi connectivity index (χ4n) is 2.80. The molecule has 0 spiro atoms. The van der Waals surface area contributed by atoms with Gasteiger partial charge in [-0.15, -0.1) is 0 Å². The van der Waals surface area contributed by atoms with Crippen molar-refractivity contribution in [1.82, 2.24) is 4.31 Å². The number of rotatable bonds is 6. The molecule has 27 heavy (non-hydrogen) atoms. The monoisotopic (exact) mass is 408 g/mol. The zero-order valence-electron chi connectivity index (χ0n) is 14.9. The molecule has 1 amide bonds. The maximum Gasteiger partial charge on any atom is 0.265 e. The predicted molar refractivity (Wildman–Crippen MR) is 105 cm³/mol. The maximum absolute atomic E-state index is 12.5. The summed E-state index contributed by atoms with van der Waals surface area (Å²) < 4.78 is 32.1. The van der Waals surface area contributed by atoms with Gasteiger partial charge in [0.2, 0.25) is 10.0 Å². The molecule has 1 N–H and O–H groups in total. The quantitative estimate of drug-likeness (QED) is 0.793. The molecule has 1 unspecified atom stereocenters. The zero-order chi connectivity index (χ0) is 19.4. The molecule has 0 radical (unpaired) electrons. The minimum atomic E-state index is -3.46. The highest BCUT2D eigenvalue weighted by Crippen LogP contribution is 2.22. The number of carbonyl (C=O) groups is 1. The molecule has 2 aromatic carbocycles. The molecular weight excluding hydrogens is 388 g/mol. The lowest BCUT2D eigenvalue weighted by atomic mass is 10.3. The van der Waals surface area contributed by atoms with Gasteiger partial charge in [-0.1, -0.05) is 11.6 Å². The molecule has 2 aromatic rings. The van der Waals surface area contributed by atoms with E-state index in [-0.39, 0.29) is 10.8 Å². The van der Waals surface area contributed by atoms with Gasteiger partial charge in [0, 0.05) is 23.8 Å². The summed E-state index contributed by atoms with van der Waals surface area (Å²) in [4.78, 5) is 12.5. The van der Waals surface area contributed by atoms with Crippen LogP contribution in [0.1, 0.15) is 19.8 Å². The molecule has 6 nitrogen and oxygen atoms in total. The van der Waals surface area contributed by atoms with Crippen molar-refractivity contribution >= 4 is 33.2 Å². The Bertz CT molecular complexity index is 892. The summed E-state index contributed by atoms with van der Waals surface area (Å²) in [6.07, 6.45) is 1.05. The molecule has 0 aromatic heterocycles. The minimum Gasteiger partial charge on any atom is -0.481 e. The van der Waals surface area contributed by atoms with E-state index in [1.807, 2.05) is 0 Å². The number of nitrogens with one attached hydrogen (secondary N) is 1. The summed E-state index contributed by atoms with van der Waals surface area (Å²) in [6, 6.07) is 12.9. The number of hydrogen-bond acceptors (Lipinski definition) is 4. The van der Waals surface area contributed by atoms with Crippen LogP contribution in [-0.2, 0) is 14.8 Å². The molecule has 1 atom stereocenters. The lowest BCUT2D eigenvalue weighted by Gasteiger charge is -2.17. The number of ether oxygens (including phenoxy) is 1. The van der Waals surface area contributed by atoms with E-state index in [1.165, 1.54) is 16.4 Å². The Kier molecular flexibility index (Phi) is 6.04. The first-order chi connectivity index (χ1) is 12.9. The molecule has 8 heteroatoms. The van der Waals surface area contributed by atoms with Crippen molar-refractivity contribution in [2.75, 3.05) is 18.4 Å². The van der Waals surface area contributed by atoms with Crippen LogP contribution in [0.15, 0.2) is 53.4 Å². The van der Waals surface area contributed by atoms with Crippen LogP contribution >= 0.6 is 11.6 Å². The average molecular weight is 409 g/mol. The fraction of sp³-hybridized carbons (Fsp3) is 0.316. The molecule has 0 bridgehead atoms. The second-order valence-corrected chi connectivity index (χ2v) is 8.71. The van der Waals surface area contributed by atoms with Gasteiger partial charge in [0.1, 0.15) is 5.75 Å². The van der Waals surface area contributed by atoms with E-state index in [1.54, 1.807) is 43.3 Å². The van der Waals surface area contributed by atoms with E-state index in [0.29, 0.717) is 29.5 Å². The van der Waals surface area contributed by atoms with Crippen molar-refractivity contribution in [3.05, 3.63) is 53.6 Å². The van der Waals surface area contributed by atoms with Crippen LogP contribution in [0.2, 0.25) is 5.02 Å². The third-order valence-corrected chi connectivity index (χ3v) is 6.49. The number of hydrogen-bond donors (Lipinski definition) is 1. The van der Waals surface area contributed by atoms with Crippen LogP contribution in [0, 0.1) is 0 Å². The summed E-state index contributed by atoms with van der Waals surface area (Å²) in [5.41, 5.74) is 0.506. The topological polar surface area (TPSA) is 75.7 Å². The van der Waals surface area contributed by atoms with Gasteiger partial charge in [-0.25, -0.2) is 8.42 Å². The van der Waals surface area contributed by atoms with Gasteiger partial charge in [0.05, 0.1) is 4.90 Å². The predicted octanol–water partition coefficient (Wildman–Crippen LogP) is 3.53. The van der Waals surface area contributed by atoms with Crippen LogP contribution in [0.25, 0.3) is 0 Å². The number of amides is 1. The van der Waals surface area contributed by atoms with Gasteiger partial charge < -0.3 is 10.1 Å². The molecule has 1 heterocycles. The second-order valence-electron chi connectivity index (χ2n) is 6.34. The summed E-state index contributed by atoms with van der Waals surface area (Å²) in [5, 5.41) is 3.31. The third kappa shape index (κ3) is 4.80. The molecular formula is C19H21ClN2O4S. The molecule has 144 valence electrons. The SMILES string of the molecule is CC(Oc1ccc(Cl)cc1)C(=O)Nc1ccc(S(=O)(=O)N2CCCC2)cc1. The first-order valence-electron chi connectivity index (χ1n) is 8.69. The Balaban J connectivity index is 1.61. The number of sulfonamides is 1. The van der Waals surface area contributed by atoms with Crippen LogP contribution in [0.4, 0.5) is 5.69 Å².